The summed E-state index contributed by atoms with van der Waals surface area (Å²) in [5, 5.41) is 12.3. The number of carboxylic acids is 1. The third kappa shape index (κ3) is 6.35. The Hall–Kier alpha value is -3.94. The van der Waals surface area contributed by atoms with Crippen LogP contribution >= 0.6 is 0 Å². The molecule has 3 rings (SSSR count). The molecule has 0 spiro atoms. The molecular formula is C27H31N3O5. The van der Waals surface area contributed by atoms with Gasteiger partial charge in [0, 0.05) is 36.7 Å². The van der Waals surface area contributed by atoms with E-state index in [4.69, 9.17) is 4.74 Å². The van der Waals surface area contributed by atoms with Crippen molar-refractivity contribution in [2.24, 2.45) is 0 Å². The molecule has 8 heteroatoms. The van der Waals surface area contributed by atoms with Gasteiger partial charge in [0.15, 0.2) is 0 Å². The summed E-state index contributed by atoms with van der Waals surface area (Å²) in [5.41, 5.74) is 0.427. The number of amides is 1. The van der Waals surface area contributed by atoms with Crippen molar-refractivity contribution in [3.63, 3.8) is 0 Å². The average Bonchev–Trinajstić information content (AvgIpc) is 2.85. The van der Waals surface area contributed by atoms with Crippen molar-refractivity contribution in [1.29, 1.82) is 0 Å². The van der Waals surface area contributed by atoms with E-state index in [0.29, 0.717) is 48.6 Å². The summed E-state index contributed by atoms with van der Waals surface area (Å²) in [7, 11) is 0. The molecule has 2 aromatic carbocycles. The van der Waals surface area contributed by atoms with Crippen molar-refractivity contribution >= 4 is 11.9 Å². The Labute approximate surface area is 204 Å². The van der Waals surface area contributed by atoms with Gasteiger partial charge in [-0.05, 0) is 37.6 Å². The van der Waals surface area contributed by atoms with E-state index in [0.717, 1.165) is 5.56 Å². The molecule has 0 saturated heterocycles. The molecule has 0 aliphatic rings. The Morgan fingerprint density at radius 1 is 1.09 bits per heavy atom. The van der Waals surface area contributed by atoms with Crippen molar-refractivity contribution in [3.05, 3.63) is 82.4 Å². The maximum atomic E-state index is 12.7. The van der Waals surface area contributed by atoms with Gasteiger partial charge in [0.1, 0.15) is 11.6 Å². The van der Waals surface area contributed by atoms with Gasteiger partial charge in [0.2, 0.25) is 5.60 Å². The summed E-state index contributed by atoms with van der Waals surface area (Å²) in [6.07, 6.45) is 1.61. The SMILES string of the molecule is CCCC(C)(Oc1ccc(C(=O)NCCn2c(CC)nc(-c3ccccc3)cc2=O)cc1)C(=O)O. The largest absolute Gasteiger partial charge is 0.478 e. The summed E-state index contributed by atoms with van der Waals surface area (Å²) in [5.74, 6) is -0.301. The first-order valence-corrected chi connectivity index (χ1v) is 11.7. The number of aryl methyl sites for hydroxylation is 1. The summed E-state index contributed by atoms with van der Waals surface area (Å²) in [6, 6.07) is 17.4. The Morgan fingerprint density at radius 3 is 2.37 bits per heavy atom. The number of nitrogens with zero attached hydrogens (tertiary/aromatic N) is 2. The van der Waals surface area contributed by atoms with E-state index < -0.39 is 11.6 Å². The molecule has 0 aliphatic carbocycles. The molecule has 0 fully saturated rings. The minimum Gasteiger partial charge on any atom is -0.478 e. The molecule has 0 aliphatic heterocycles. The van der Waals surface area contributed by atoms with Gasteiger partial charge < -0.3 is 15.2 Å². The van der Waals surface area contributed by atoms with E-state index in [2.05, 4.69) is 10.3 Å². The molecule has 8 nitrogen and oxygen atoms in total. The first-order valence-electron chi connectivity index (χ1n) is 11.7. The van der Waals surface area contributed by atoms with Gasteiger partial charge in [0.05, 0.1) is 5.69 Å². The van der Waals surface area contributed by atoms with Gasteiger partial charge in [-0.25, -0.2) is 9.78 Å². The van der Waals surface area contributed by atoms with Crippen molar-refractivity contribution in [2.45, 2.75) is 52.2 Å². The van der Waals surface area contributed by atoms with Crippen LogP contribution in [0.3, 0.4) is 0 Å². The highest BCUT2D eigenvalue weighted by atomic mass is 16.5. The number of carbonyl (C=O) groups excluding carboxylic acids is 1. The van der Waals surface area contributed by atoms with E-state index in [-0.39, 0.29) is 18.0 Å². The monoisotopic (exact) mass is 477 g/mol. The molecule has 0 saturated carbocycles. The van der Waals surface area contributed by atoms with Crippen LogP contribution in [0.25, 0.3) is 11.3 Å². The zero-order valence-corrected chi connectivity index (χ0v) is 20.3. The predicted octanol–water partition coefficient (Wildman–Crippen LogP) is 3.92. The molecule has 1 atom stereocenters. The zero-order chi connectivity index (χ0) is 25.4. The zero-order valence-electron chi connectivity index (χ0n) is 20.3. The quantitative estimate of drug-likeness (QED) is 0.433. The van der Waals surface area contributed by atoms with Crippen LogP contribution in [0.15, 0.2) is 65.5 Å². The number of ether oxygens (including phenoxy) is 1. The predicted molar refractivity (Wildman–Crippen MR) is 134 cm³/mol. The third-order valence-corrected chi connectivity index (χ3v) is 5.73. The fourth-order valence-electron chi connectivity index (χ4n) is 3.82. The molecule has 1 unspecified atom stereocenters. The number of benzene rings is 2. The number of hydrogen-bond donors (Lipinski definition) is 2. The van der Waals surface area contributed by atoms with Crippen LogP contribution in [-0.4, -0.2) is 38.7 Å². The molecule has 1 amide bonds. The number of aromatic nitrogens is 2. The first-order chi connectivity index (χ1) is 16.8. The lowest BCUT2D eigenvalue weighted by atomic mass is 10.0. The fourth-order valence-corrected chi connectivity index (χ4v) is 3.82. The lowest BCUT2D eigenvalue weighted by molar-refractivity contribution is -0.154. The van der Waals surface area contributed by atoms with E-state index in [9.17, 15) is 19.5 Å². The molecule has 1 heterocycles. The van der Waals surface area contributed by atoms with Crippen LogP contribution in [0, 0.1) is 0 Å². The van der Waals surface area contributed by atoms with Crippen molar-refractivity contribution in [2.75, 3.05) is 6.54 Å². The molecule has 35 heavy (non-hydrogen) atoms. The molecule has 1 aromatic heterocycles. The van der Waals surface area contributed by atoms with E-state index in [1.165, 1.54) is 13.0 Å². The topological polar surface area (TPSA) is 111 Å². The van der Waals surface area contributed by atoms with Gasteiger partial charge >= 0.3 is 5.97 Å². The summed E-state index contributed by atoms with van der Waals surface area (Å²) < 4.78 is 7.26. The number of aliphatic carboxylic acids is 1. The maximum Gasteiger partial charge on any atom is 0.347 e. The average molecular weight is 478 g/mol. The standard InChI is InChI=1S/C27H31N3O5/c1-4-15-27(3,26(33)34)35-21-13-11-20(12-14-21)25(32)28-16-17-30-23(5-2)29-22(18-24(30)31)19-9-7-6-8-10-19/h6-14,18H,4-5,15-17H2,1-3H3,(H,28,32)(H,33,34). The summed E-state index contributed by atoms with van der Waals surface area (Å²) in [6.45, 7) is 5.91. The highest BCUT2D eigenvalue weighted by Crippen LogP contribution is 2.23. The highest BCUT2D eigenvalue weighted by Gasteiger charge is 2.34. The van der Waals surface area contributed by atoms with Crippen molar-refractivity contribution in [3.8, 4) is 17.0 Å². The lowest BCUT2D eigenvalue weighted by Crippen LogP contribution is -2.41. The van der Waals surface area contributed by atoms with E-state index >= 15 is 0 Å². The molecule has 2 N–H and O–H groups in total. The molecule has 0 radical (unpaired) electrons. The number of rotatable bonds is 11. The van der Waals surface area contributed by atoms with Gasteiger partial charge in [-0.1, -0.05) is 50.6 Å². The number of hydrogen-bond acceptors (Lipinski definition) is 5. The van der Waals surface area contributed by atoms with Crippen molar-refractivity contribution < 1.29 is 19.4 Å². The van der Waals surface area contributed by atoms with Crippen LogP contribution in [-0.2, 0) is 17.8 Å². The summed E-state index contributed by atoms with van der Waals surface area (Å²) >= 11 is 0. The van der Waals surface area contributed by atoms with Crippen LogP contribution in [0.5, 0.6) is 5.75 Å². The number of carboxylic acid groups (broad SMARTS) is 1. The van der Waals surface area contributed by atoms with E-state index in [1.807, 2.05) is 44.2 Å². The maximum absolute atomic E-state index is 12.7. The molecular weight excluding hydrogens is 446 g/mol. The second kappa shape index (κ2) is 11.5. The van der Waals surface area contributed by atoms with Crippen LogP contribution in [0.4, 0.5) is 0 Å². The number of nitrogens with one attached hydrogen (secondary N) is 1. The van der Waals surface area contributed by atoms with Gasteiger partial charge in [0.25, 0.3) is 11.5 Å². The van der Waals surface area contributed by atoms with Crippen LogP contribution < -0.4 is 15.6 Å². The van der Waals surface area contributed by atoms with Crippen LogP contribution in [0.1, 0.15) is 49.8 Å². The normalized spacial score (nSPS) is 12.5. The molecule has 3 aromatic rings. The first kappa shape index (κ1) is 25.7. The Balaban J connectivity index is 1.63. The van der Waals surface area contributed by atoms with Crippen LogP contribution in [0.2, 0.25) is 0 Å². The molecule has 0 bridgehead atoms. The lowest BCUT2D eigenvalue weighted by Gasteiger charge is -2.26. The Bertz CT molecular complexity index is 1220. The van der Waals surface area contributed by atoms with Gasteiger partial charge in [-0.15, -0.1) is 0 Å². The summed E-state index contributed by atoms with van der Waals surface area (Å²) in [4.78, 5) is 41.5. The second-order valence-electron chi connectivity index (χ2n) is 8.44. The van der Waals surface area contributed by atoms with Crippen molar-refractivity contribution in [1.82, 2.24) is 14.9 Å². The Morgan fingerprint density at radius 2 is 1.77 bits per heavy atom. The minimum atomic E-state index is -1.33. The minimum absolute atomic E-state index is 0.167. The second-order valence-corrected chi connectivity index (χ2v) is 8.44. The molecule has 184 valence electrons. The third-order valence-electron chi connectivity index (χ3n) is 5.73. The van der Waals surface area contributed by atoms with E-state index in [1.54, 1.807) is 28.8 Å². The number of carbonyl (C=O) groups is 2. The smallest absolute Gasteiger partial charge is 0.347 e. The Kier molecular flexibility index (Phi) is 8.41. The van der Waals surface area contributed by atoms with Gasteiger partial charge in [-0.2, -0.15) is 0 Å². The highest BCUT2D eigenvalue weighted by molar-refractivity contribution is 5.94. The fraction of sp³-hybridized carbons (Fsp3) is 0.333. The van der Waals surface area contributed by atoms with Gasteiger partial charge in [-0.3, -0.25) is 14.2 Å².